The number of halogens is 1. The molecular formula is C27H27FN4O2S. The van der Waals surface area contributed by atoms with Gasteiger partial charge < -0.3 is 14.2 Å². The van der Waals surface area contributed by atoms with Gasteiger partial charge in [0, 0.05) is 67.5 Å². The first-order valence-corrected chi connectivity index (χ1v) is 12.4. The number of hydrogen-bond acceptors (Lipinski definition) is 5. The molecule has 1 aliphatic heterocycles. The van der Waals surface area contributed by atoms with Gasteiger partial charge in [0.15, 0.2) is 0 Å². The summed E-state index contributed by atoms with van der Waals surface area (Å²) in [7, 11) is 1.93. The third kappa shape index (κ3) is 5.61. The van der Waals surface area contributed by atoms with E-state index in [1.165, 1.54) is 10.9 Å². The lowest BCUT2D eigenvalue weighted by atomic mass is 10.1. The number of piperazine rings is 1. The largest absolute Gasteiger partial charge is 0.486 e. The van der Waals surface area contributed by atoms with E-state index in [-0.39, 0.29) is 11.7 Å². The summed E-state index contributed by atoms with van der Waals surface area (Å²) in [5.41, 5.74) is 1.57. The van der Waals surface area contributed by atoms with Gasteiger partial charge in [-0.25, -0.2) is 9.37 Å². The van der Waals surface area contributed by atoms with Crippen LogP contribution in [0.3, 0.4) is 0 Å². The molecular weight excluding hydrogens is 463 g/mol. The zero-order valence-electron chi connectivity index (χ0n) is 19.6. The quantitative estimate of drug-likeness (QED) is 0.373. The predicted octanol–water partition coefficient (Wildman–Crippen LogP) is 4.82. The van der Waals surface area contributed by atoms with Crippen molar-refractivity contribution in [1.29, 1.82) is 0 Å². The molecule has 0 radical (unpaired) electrons. The van der Waals surface area contributed by atoms with Gasteiger partial charge in [-0.3, -0.25) is 9.69 Å². The molecule has 1 amide bonds. The molecule has 1 fully saturated rings. The van der Waals surface area contributed by atoms with E-state index in [2.05, 4.69) is 22.0 Å². The van der Waals surface area contributed by atoms with Gasteiger partial charge in [0.25, 0.3) is 5.91 Å². The Bertz CT molecular complexity index is 1290. The van der Waals surface area contributed by atoms with E-state index in [4.69, 9.17) is 4.74 Å². The first-order chi connectivity index (χ1) is 17.0. The van der Waals surface area contributed by atoms with Crippen LogP contribution in [-0.4, -0.2) is 51.4 Å². The van der Waals surface area contributed by atoms with Gasteiger partial charge in [-0.05, 0) is 54.1 Å². The fraction of sp³-hybridized carbons (Fsp3) is 0.259. The predicted molar refractivity (Wildman–Crippen MR) is 135 cm³/mol. The Kier molecular flexibility index (Phi) is 6.92. The second-order valence-electron chi connectivity index (χ2n) is 8.61. The van der Waals surface area contributed by atoms with E-state index in [0.717, 1.165) is 35.9 Å². The minimum Gasteiger partial charge on any atom is -0.486 e. The van der Waals surface area contributed by atoms with E-state index in [1.54, 1.807) is 29.7 Å². The maximum absolute atomic E-state index is 13.5. The highest BCUT2D eigenvalue weighted by molar-refractivity contribution is 7.15. The number of amides is 1. The molecule has 2 aromatic carbocycles. The number of imidazole rings is 1. The lowest BCUT2D eigenvalue weighted by Gasteiger charge is -2.34. The summed E-state index contributed by atoms with van der Waals surface area (Å²) < 4.78 is 21.2. The minimum atomic E-state index is -0.218. The zero-order valence-corrected chi connectivity index (χ0v) is 20.4. The third-order valence-corrected chi connectivity index (χ3v) is 7.32. The van der Waals surface area contributed by atoms with Gasteiger partial charge in [-0.1, -0.05) is 12.1 Å². The first-order valence-electron chi connectivity index (χ1n) is 11.6. The molecule has 0 atom stereocenters. The van der Waals surface area contributed by atoms with Gasteiger partial charge in [0.2, 0.25) is 0 Å². The summed E-state index contributed by atoms with van der Waals surface area (Å²) >= 11 is 1.69. The number of aryl methyl sites for hydroxylation is 1. The molecule has 3 heterocycles. The smallest absolute Gasteiger partial charge is 0.253 e. The number of rotatable bonds is 7. The van der Waals surface area contributed by atoms with Crippen LogP contribution in [0.5, 0.6) is 5.75 Å². The van der Waals surface area contributed by atoms with Crippen molar-refractivity contribution in [3.8, 4) is 16.2 Å². The monoisotopic (exact) mass is 490 g/mol. The molecule has 35 heavy (non-hydrogen) atoms. The van der Waals surface area contributed by atoms with Crippen molar-refractivity contribution in [2.45, 2.75) is 13.2 Å². The third-order valence-electron chi connectivity index (χ3n) is 6.20. The van der Waals surface area contributed by atoms with Crippen LogP contribution in [-0.2, 0) is 20.2 Å². The van der Waals surface area contributed by atoms with Crippen LogP contribution >= 0.6 is 11.3 Å². The minimum absolute atomic E-state index is 0.0461. The molecule has 8 heteroatoms. The number of ether oxygens (including phenoxy) is 1. The van der Waals surface area contributed by atoms with E-state index in [9.17, 15) is 9.18 Å². The Morgan fingerprint density at radius 1 is 1.06 bits per heavy atom. The fourth-order valence-corrected chi connectivity index (χ4v) is 5.20. The van der Waals surface area contributed by atoms with Gasteiger partial charge in [0.05, 0.1) is 0 Å². The molecule has 0 aliphatic carbocycles. The number of nitrogens with zero attached hydrogens (tertiary/aromatic N) is 4. The lowest BCUT2D eigenvalue weighted by molar-refractivity contribution is 0.0629. The average Bonchev–Trinajstić information content (AvgIpc) is 3.52. The number of hydrogen-bond donors (Lipinski definition) is 0. The van der Waals surface area contributed by atoms with E-state index in [1.807, 2.05) is 53.0 Å². The Hall–Kier alpha value is -3.49. The number of aromatic nitrogens is 2. The summed E-state index contributed by atoms with van der Waals surface area (Å²) in [4.78, 5) is 23.8. The van der Waals surface area contributed by atoms with Crippen LogP contribution in [0.2, 0.25) is 0 Å². The molecule has 4 aromatic rings. The Balaban J connectivity index is 1.11. The van der Waals surface area contributed by atoms with Crippen LogP contribution in [0.4, 0.5) is 4.39 Å². The van der Waals surface area contributed by atoms with Crippen molar-refractivity contribution in [2.24, 2.45) is 7.05 Å². The Morgan fingerprint density at radius 2 is 1.86 bits per heavy atom. The van der Waals surface area contributed by atoms with E-state index in [0.29, 0.717) is 31.0 Å². The van der Waals surface area contributed by atoms with Crippen molar-refractivity contribution in [3.05, 3.63) is 95.1 Å². The van der Waals surface area contributed by atoms with Gasteiger partial charge >= 0.3 is 0 Å². The summed E-state index contributed by atoms with van der Waals surface area (Å²) in [5, 5.41) is 0. The molecule has 0 spiro atoms. The SMILES string of the molecule is Cn1ccnc1COc1ccc(C(=O)N2CCN(Cc3ccc(-c4cccc(F)c4)s3)CC2)cc1. The highest BCUT2D eigenvalue weighted by Gasteiger charge is 2.22. The molecule has 0 N–H and O–H groups in total. The molecule has 6 nitrogen and oxygen atoms in total. The fourth-order valence-electron chi connectivity index (χ4n) is 4.15. The Morgan fingerprint density at radius 3 is 2.57 bits per heavy atom. The zero-order chi connectivity index (χ0) is 24.2. The molecule has 1 saturated heterocycles. The molecule has 180 valence electrons. The standard InChI is InChI=1S/C27H27FN4O2S/c1-30-12-11-29-26(30)19-34-23-7-5-20(6-8-23)27(33)32-15-13-31(14-16-32)18-24-9-10-25(35-24)21-3-2-4-22(28)17-21/h2-12,17H,13-16,18-19H2,1H3. The highest BCUT2D eigenvalue weighted by atomic mass is 32.1. The van der Waals surface area contributed by atoms with Gasteiger partial charge in [0.1, 0.15) is 24.0 Å². The van der Waals surface area contributed by atoms with Crippen LogP contribution < -0.4 is 4.74 Å². The van der Waals surface area contributed by atoms with Crippen LogP contribution in [0, 0.1) is 5.82 Å². The van der Waals surface area contributed by atoms with E-state index >= 15 is 0 Å². The van der Waals surface area contributed by atoms with Crippen LogP contribution in [0.15, 0.2) is 73.1 Å². The van der Waals surface area contributed by atoms with Gasteiger partial charge in [-0.2, -0.15) is 0 Å². The van der Waals surface area contributed by atoms with Gasteiger partial charge in [-0.15, -0.1) is 11.3 Å². The summed E-state index contributed by atoms with van der Waals surface area (Å²) in [6.45, 7) is 4.25. The lowest BCUT2D eigenvalue weighted by Crippen LogP contribution is -2.48. The molecule has 0 saturated carbocycles. The van der Waals surface area contributed by atoms with Crippen molar-refractivity contribution in [1.82, 2.24) is 19.4 Å². The average molecular weight is 491 g/mol. The first kappa shape index (κ1) is 23.3. The molecule has 5 rings (SSSR count). The summed E-state index contributed by atoms with van der Waals surface area (Å²) in [6, 6.07) is 18.2. The van der Waals surface area contributed by atoms with Crippen LogP contribution in [0.1, 0.15) is 21.1 Å². The molecule has 0 unspecified atom stereocenters. The molecule has 1 aliphatic rings. The van der Waals surface area contributed by atoms with Crippen molar-refractivity contribution in [3.63, 3.8) is 0 Å². The second-order valence-corrected chi connectivity index (χ2v) is 9.78. The van der Waals surface area contributed by atoms with Crippen molar-refractivity contribution >= 4 is 17.2 Å². The number of carbonyl (C=O) groups excluding carboxylic acids is 1. The van der Waals surface area contributed by atoms with E-state index < -0.39 is 0 Å². The van der Waals surface area contributed by atoms with Crippen LogP contribution in [0.25, 0.3) is 10.4 Å². The summed E-state index contributed by atoms with van der Waals surface area (Å²) in [5.74, 6) is 1.38. The number of benzene rings is 2. The molecule has 2 aromatic heterocycles. The maximum atomic E-state index is 13.5. The molecule has 0 bridgehead atoms. The van der Waals surface area contributed by atoms with Crippen molar-refractivity contribution in [2.75, 3.05) is 26.2 Å². The topological polar surface area (TPSA) is 50.6 Å². The second kappa shape index (κ2) is 10.4. The van der Waals surface area contributed by atoms with Crippen molar-refractivity contribution < 1.29 is 13.9 Å². The number of carbonyl (C=O) groups is 1. The maximum Gasteiger partial charge on any atom is 0.253 e. The number of thiophene rings is 1. The highest BCUT2D eigenvalue weighted by Crippen LogP contribution is 2.29. The normalized spacial score (nSPS) is 14.3. The summed E-state index contributed by atoms with van der Waals surface area (Å²) in [6.07, 6.45) is 3.62. The Labute approximate surface area is 208 Å².